The summed E-state index contributed by atoms with van der Waals surface area (Å²) in [6, 6.07) is 21.7. The maximum Gasteiger partial charge on any atom is 0.235 e. The number of aromatic amines is 2. The molecule has 156 valence electrons. The van der Waals surface area contributed by atoms with Crippen LogP contribution in [0.3, 0.4) is 0 Å². The Morgan fingerprint density at radius 1 is 0.812 bits per heavy atom. The van der Waals surface area contributed by atoms with E-state index in [9.17, 15) is 0 Å². The summed E-state index contributed by atoms with van der Waals surface area (Å²) in [5.74, 6) is 1.39. The Morgan fingerprint density at radius 2 is 1.50 bits per heavy atom. The minimum Gasteiger partial charge on any atom is -0.497 e. The maximum atomic E-state index is 5.22. The van der Waals surface area contributed by atoms with E-state index in [0.29, 0.717) is 10.8 Å². The summed E-state index contributed by atoms with van der Waals surface area (Å²) < 4.78 is 6.94. The molecule has 2 aromatic carbocycles. The largest absolute Gasteiger partial charge is 0.497 e. The van der Waals surface area contributed by atoms with Crippen molar-refractivity contribution in [1.29, 1.82) is 0 Å². The van der Waals surface area contributed by atoms with Gasteiger partial charge in [0.1, 0.15) is 11.4 Å². The Kier molecular flexibility index (Phi) is 4.29. The topological polar surface area (TPSA) is 110 Å². The first-order valence-corrected chi connectivity index (χ1v) is 10.6. The summed E-state index contributed by atoms with van der Waals surface area (Å²) in [7, 11) is 1.64. The predicted octanol–water partition coefficient (Wildman–Crippen LogP) is 4.31. The summed E-state index contributed by atoms with van der Waals surface area (Å²) in [6.45, 7) is 0. The molecule has 0 aliphatic heterocycles. The minimum absolute atomic E-state index is 0.595. The second-order valence-electron chi connectivity index (χ2n) is 7.05. The van der Waals surface area contributed by atoms with Gasteiger partial charge in [0.25, 0.3) is 0 Å². The fourth-order valence-electron chi connectivity index (χ4n) is 3.43. The van der Waals surface area contributed by atoms with Gasteiger partial charge in [0.15, 0.2) is 5.01 Å². The Bertz CT molecular complexity index is 1510. The Hall–Kier alpha value is -4.31. The van der Waals surface area contributed by atoms with Crippen LogP contribution in [0.25, 0.3) is 49.7 Å². The zero-order valence-electron chi connectivity index (χ0n) is 16.9. The van der Waals surface area contributed by atoms with E-state index in [1.165, 1.54) is 11.3 Å². The molecule has 0 unspecified atom stereocenters. The van der Waals surface area contributed by atoms with Crippen LogP contribution in [0.15, 0.2) is 66.7 Å². The highest BCUT2D eigenvalue weighted by Gasteiger charge is 2.18. The quantitative estimate of drug-likeness (QED) is 0.413. The minimum atomic E-state index is 0.595. The second-order valence-corrected chi connectivity index (χ2v) is 8.01. The van der Waals surface area contributed by atoms with Gasteiger partial charge in [0, 0.05) is 11.1 Å². The van der Waals surface area contributed by atoms with Gasteiger partial charge in [-0.05, 0) is 36.4 Å². The van der Waals surface area contributed by atoms with Crippen molar-refractivity contribution in [2.45, 2.75) is 0 Å². The van der Waals surface area contributed by atoms with E-state index in [-0.39, 0.29) is 0 Å². The first-order chi connectivity index (χ1) is 15.8. The number of H-pyrrole nitrogens is 2. The molecule has 32 heavy (non-hydrogen) atoms. The smallest absolute Gasteiger partial charge is 0.235 e. The van der Waals surface area contributed by atoms with Gasteiger partial charge in [-0.25, -0.2) is 0 Å². The fourth-order valence-corrected chi connectivity index (χ4v) is 4.23. The van der Waals surface area contributed by atoms with E-state index >= 15 is 0 Å². The number of fused-ring (bicyclic) bond motifs is 1. The summed E-state index contributed by atoms with van der Waals surface area (Å²) in [5.41, 5.74) is 5.24. The number of hydrogen-bond donors (Lipinski definition) is 2. The van der Waals surface area contributed by atoms with Gasteiger partial charge in [-0.15, -0.1) is 10.2 Å². The van der Waals surface area contributed by atoms with Gasteiger partial charge in [0.2, 0.25) is 10.8 Å². The number of benzene rings is 2. The lowest BCUT2D eigenvalue weighted by atomic mass is 10.1. The lowest BCUT2D eigenvalue weighted by molar-refractivity contribution is 0.415. The molecule has 0 spiro atoms. The number of ether oxygens (including phenoxy) is 1. The van der Waals surface area contributed by atoms with Gasteiger partial charge >= 0.3 is 0 Å². The molecule has 0 bridgehead atoms. The maximum absolute atomic E-state index is 5.22. The van der Waals surface area contributed by atoms with E-state index < -0.39 is 0 Å². The van der Waals surface area contributed by atoms with Gasteiger partial charge in [-0.1, -0.05) is 41.7 Å². The normalized spacial score (nSPS) is 11.3. The van der Waals surface area contributed by atoms with Crippen molar-refractivity contribution in [3.05, 3.63) is 66.7 Å². The first kappa shape index (κ1) is 18.5. The van der Waals surface area contributed by atoms with Crippen molar-refractivity contribution < 1.29 is 4.74 Å². The average molecular weight is 440 g/mol. The van der Waals surface area contributed by atoms with Crippen molar-refractivity contribution in [3.8, 4) is 50.5 Å². The predicted molar refractivity (Wildman–Crippen MR) is 121 cm³/mol. The van der Waals surface area contributed by atoms with E-state index in [0.717, 1.165) is 44.7 Å². The summed E-state index contributed by atoms with van der Waals surface area (Å²) in [5, 5.41) is 29.0. The van der Waals surface area contributed by atoms with E-state index in [1.54, 1.807) is 11.6 Å². The lowest BCUT2D eigenvalue weighted by Crippen LogP contribution is -1.91. The third-order valence-electron chi connectivity index (χ3n) is 5.07. The molecule has 0 amide bonds. The first-order valence-electron chi connectivity index (χ1n) is 9.82. The van der Waals surface area contributed by atoms with E-state index in [4.69, 9.17) is 9.84 Å². The highest BCUT2D eigenvalue weighted by Crippen LogP contribution is 2.30. The van der Waals surface area contributed by atoms with Gasteiger partial charge in [0.05, 0.1) is 24.2 Å². The fraction of sp³-hybridized carbons (Fsp3) is 0.0455. The van der Waals surface area contributed by atoms with Crippen molar-refractivity contribution in [3.63, 3.8) is 0 Å². The number of hydrogen-bond acceptors (Lipinski definition) is 7. The molecule has 0 aliphatic rings. The van der Waals surface area contributed by atoms with Crippen LogP contribution in [0.4, 0.5) is 0 Å². The number of nitrogens with zero attached hydrogens (tertiary/aromatic N) is 6. The molecule has 4 heterocycles. The molecule has 0 saturated carbocycles. The molecule has 9 nitrogen and oxygen atoms in total. The highest BCUT2D eigenvalue weighted by atomic mass is 32.1. The Balaban J connectivity index is 1.33. The average Bonchev–Trinajstić information content (AvgIpc) is 3.63. The highest BCUT2D eigenvalue weighted by molar-refractivity contribution is 7.19. The number of rotatable bonds is 5. The van der Waals surface area contributed by atoms with Crippen LogP contribution in [-0.2, 0) is 0 Å². The number of aromatic nitrogens is 8. The molecule has 0 saturated heterocycles. The van der Waals surface area contributed by atoms with Crippen LogP contribution in [0.5, 0.6) is 5.75 Å². The molecule has 10 heteroatoms. The SMILES string of the molecule is COc1ccc(-c2cc(-c3nnc4sc(-c5cc(-c6ccccc6)n[nH]5)nn34)[nH]n2)cc1. The van der Waals surface area contributed by atoms with Crippen molar-refractivity contribution in [2.24, 2.45) is 0 Å². The standard InChI is InChI=1S/C22H16N8OS/c1-31-15-9-7-14(8-10-15)16-11-18(25-23-16)20-27-28-22-30(20)29-21(32-22)19-12-17(24-26-19)13-5-3-2-4-6-13/h2-12H,1H3,(H,23,25)(H,24,26). The third-order valence-corrected chi connectivity index (χ3v) is 6.01. The summed E-state index contributed by atoms with van der Waals surface area (Å²) >= 11 is 1.44. The van der Waals surface area contributed by atoms with Crippen LogP contribution in [0.1, 0.15) is 0 Å². The molecular weight excluding hydrogens is 424 g/mol. The zero-order chi connectivity index (χ0) is 21.5. The van der Waals surface area contributed by atoms with Gasteiger partial charge in [-0.3, -0.25) is 10.2 Å². The van der Waals surface area contributed by atoms with Crippen LogP contribution in [0, 0.1) is 0 Å². The molecule has 0 atom stereocenters. The summed E-state index contributed by atoms with van der Waals surface area (Å²) in [4.78, 5) is 0.687. The van der Waals surface area contributed by atoms with Crippen LogP contribution in [-0.4, -0.2) is 47.3 Å². The molecule has 0 aliphatic carbocycles. The zero-order valence-corrected chi connectivity index (χ0v) is 17.7. The van der Waals surface area contributed by atoms with Crippen molar-refractivity contribution in [1.82, 2.24) is 40.2 Å². The Labute approximate surface area is 185 Å². The number of nitrogens with one attached hydrogen (secondary N) is 2. The number of methoxy groups -OCH3 is 1. The Morgan fingerprint density at radius 3 is 2.25 bits per heavy atom. The molecule has 6 aromatic rings. The van der Waals surface area contributed by atoms with Crippen LogP contribution in [0.2, 0.25) is 0 Å². The van der Waals surface area contributed by atoms with E-state index in [2.05, 4.69) is 30.6 Å². The van der Waals surface area contributed by atoms with Gasteiger partial charge in [-0.2, -0.15) is 19.8 Å². The molecule has 0 fully saturated rings. The molecular formula is C22H16N8OS. The van der Waals surface area contributed by atoms with Crippen LogP contribution < -0.4 is 4.74 Å². The van der Waals surface area contributed by atoms with Crippen molar-refractivity contribution in [2.75, 3.05) is 7.11 Å². The van der Waals surface area contributed by atoms with E-state index in [1.807, 2.05) is 66.7 Å². The lowest BCUT2D eigenvalue weighted by Gasteiger charge is -1.99. The third kappa shape index (κ3) is 3.13. The van der Waals surface area contributed by atoms with Crippen molar-refractivity contribution >= 4 is 16.3 Å². The monoisotopic (exact) mass is 440 g/mol. The summed E-state index contributed by atoms with van der Waals surface area (Å²) in [6.07, 6.45) is 0. The van der Waals surface area contributed by atoms with Crippen LogP contribution >= 0.6 is 11.3 Å². The second kappa shape index (κ2) is 7.43. The molecule has 0 radical (unpaired) electrons. The molecule has 2 N–H and O–H groups in total. The van der Waals surface area contributed by atoms with Gasteiger partial charge < -0.3 is 4.74 Å². The molecule has 6 rings (SSSR count). The molecule has 4 aromatic heterocycles.